The summed E-state index contributed by atoms with van der Waals surface area (Å²) >= 11 is 0. The fourth-order valence-corrected chi connectivity index (χ4v) is 3.84. The molecule has 0 saturated carbocycles. The van der Waals surface area contributed by atoms with Crippen LogP contribution in [0.5, 0.6) is 0 Å². The normalized spacial score (nSPS) is 32.1. The summed E-state index contributed by atoms with van der Waals surface area (Å²) in [6.07, 6.45) is 3.36. The molecule has 2 aliphatic heterocycles. The molecule has 0 aromatic heterocycles. The lowest BCUT2D eigenvalue weighted by Gasteiger charge is -2.37. The van der Waals surface area contributed by atoms with Gasteiger partial charge in [0.05, 0.1) is 5.60 Å². The van der Waals surface area contributed by atoms with Gasteiger partial charge in [-0.25, -0.2) is 0 Å². The first-order valence-electron chi connectivity index (χ1n) is 8.92. The quantitative estimate of drug-likeness (QED) is 0.569. The molecule has 0 unspecified atom stereocenters. The van der Waals surface area contributed by atoms with Gasteiger partial charge >= 0.3 is 0 Å². The Hall–Kier alpha value is -1.52. The highest BCUT2D eigenvalue weighted by atomic mass is 16.6. The van der Waals surface area contributed by atoms with Crippen LogP contribution in [-0.2, 0) is 25.5 Å². The van der Waals surface area contributed by atoms with Gasteiger partial charge in [-0.1, -0.05) is 43.7 Å². The lowest BCUT2D eigenvalue weighted by Crippen LogP contribution is -2.58. The second-order valence-electron chi connectivity index (χ2n) is 7.21. The molecule has 2 fully saturated rings. The molecule has 1 aromatic rings. The monoisotopic (exact) mass is 330 g/mol. The number of carbonyl (C=O) groups is 2. The zero-order valence-electron chi connectivity index (χ0n) is 14.5. The fourth-order valence-electron chi connectivity index (χ4n) is 3.84. The fraction of sp³-hybridized carbons (Fsp3) is 0.600. The molecule has 4 nitrogen and oxygen atoms in total. The highest BCUT2D eigenvalue weighted by Crippen LogP contribution is 2.48. The standard InChI is InChI=1S/C20H26O4/c1-3-4-12-23-18-14-19(2)11-10-16(21)20(18,24-19)17(22)13-15-8-6-5-7-9-15/h5-9,18H,3-4,10-14H2,1-2H3/t18-,19-,20-/m1/s1. The molecule has 4 heteroatoms. The van der Waals surface area contributed by atoms with Crippen molar-refractivity contribution in [2.45, 2.75) is 69.7 Å². The van der Waals surface area contributed by atoms with Crippen LogP contribution in [0.4, 0.5) is 0 Å². The van der Waals surface area contributed by atoms with Gasteiger partial charge in [0.25, 0.3) is 0 Å². The number of rotatable bonds is 7. The van der Waals surface area contributed by atoms with Crippen LogP contribution in [-0.4, -0.2) is 35.5 Å². The molecule has 2 bridgehead atoms. The lowest BCUT2D eigenvalue weighted by molar-refractivity contribution is -0.183. The van der Waals surface area contributed by atoms with Crippen molar-refractivity contribution in [1.82, 2.24) is 0 Å². The summed E-state index contributed by atoms with van der Waals surface area (Å²) in [6, 6.07) is 9.53. The molecule has 0 spiro atoms. The maximum absolute atomic E-state index is 13.1. The summed E-state index contributed by atoms with van der Waals surface area (Å²) in [6.45, 7) is 4.65. The predicted molar refractivity (Wildman–Crippen MR) is 90.9 cm³/mol. The van der Waals surface area contributed by atoms with Crippen LogP contribution in [0, 0.1) is 0 Å². The van der Waals surface area contributed by atoms with Gasteiger partial charge in [0, 0.05) is 25.9 Å². The van der Waals surface area contributed by atoms with E-state index in [0.29, 0.717) is 25.9 Å². The number of fused-ring (bicyclic) bond motifs is 2. The van der Waals surface area contributed by atoms with Crippen molar-refractivity contribution in [3.05, 3.63) is 35.9 Å². The first kappa shape index (κ1) is 17.3. The van der Waals surface area contributed by atoms with Crippen LogP contribution in [0.1, 0.15) is 51.5 Å². The minimum absolute atomic E-state index is 0.111. The maximum Gasteiger partial charge on any atom is 0.211 e. The van der Waals surface area contributed by atoms with E-state index < -0.39 is 17.3 Å². The van der Waals surface area contributed by atoms with Gasteiger partial charge < -0.3 is 9.47 Å². The Kier molecular flexibility index (Phi) is 4.88. The van der Waals surface area contributed by atoms with Crippen LogP contribution < -0.4 is 0 Å². The molecule has 3 atom stereocenters. The number of carbonyl (C=O) groups excluding carboxylic acids is 2. The molecule has 0 radical (unpaired) electrons. The average Bonchev–Trinajstić information content (AvgIpc) is 2.83. The number of unbranched alkanes of at least 4 members (excludes halogenated alkanes) is 1. The number of Topliss-reactive ketones (excluding diaryl/α,β-unsaturated/α-hetero) is 2. The lowest BCUT2D eigenvalue weighted by atomic mass is 9.83. The average molecular weight is 330 g/mol. The van der Waals surface area contributed by atoms with Gasteiger partial charge in [-0.05, 0) is 25.3 Å². The Morgan fingerprint density at radius 2 is 2.08 bits per heavy atom. The van der Waals surface area contributed by atoms with E-state index in [2.05, 4.69) is 6.92 Å². The third kappa shape index (κ3) is 3.05. The first-order chi connectivity index (χ1) is 11.5. The molecule has 0 amide bonds. The third-order valence-corrected chi connectivity index (χ3v) is 5.21. The molecule has 130 valence electrons. The maximum atomic E-state index is 13.1. The Labute approximate surface area is 143 Å². The summed E-state index contributed by atoms with van der Waals surface area (Å²) in [7, 11) is 0. The Morgan fingerprint density at radius 3 is 2.79 bits per heavy atom. The van der Waals surface area contributed by atoms with Crippen molar-refractivity contribution in [3.63, 3.8) is 0 Å². The van der Waals surface area contributed by atoms with E-state index in [-0.39, 0.29) is 18.0 Å². The molecule has 3 rings (SSSR count). The van der Waals surface area contributed by atoms with Gasteiger partial charge in [0.1, 0.15) is 6.10 Å². The Bertz CT molecular complexity index is 611. The van der Waals surface area contributed by atoms with Gasteiger partial charge in [-0.15, -0.1) is 0 Å². The summed E-state index contributed by atoms with van der Waals surface area (Å²) in [5, 5.41) is 0. The first-order valence-corrected chi connectivity index (χ1v) is 8.92. The van der Waals surface area contributed by atoms with Crippen LogP contribution >= 0.6 is 0 Å². The zero-order valence-corrected chi connectivity index (χ0v) is 14.5. The topological polar surface area (TPSA) is 52.6 Å². The smallest absolute Gasteiger partial charge is 0.211 e. The van der Waals surface area contributed by atoms with Crippen molar-refractivity contribution in [3.8, 4) is 0 Å². The minimum atomic E-state index is -1.41. The molecule has 24 heavy (non-hydrogen) atoms. The van der Waals surface area contributed by atoms with E-state index in [1.54, 1.807) is 0 Å². The van der Waals surface area contributed by atoms with Crippen molar-refractivity contribution in [1.29, 1.82) is 0 Å². The molecular weight excluding hydrogens is 304 g/mol. The number of benzene rings is 1. The Balaban J connectivity index is 1.86. The van der Waals surface area contributed by atoms with Gasteiger partial charge in [-0.3, -0.25) is 9.59 Å². The van der Waals surface area contributed by atoms with Gasteiger partial charge in [-0.2, -0.15) is 0 Å². The van der Waals surface area contributed by atoms with Gasteiger partial charge in [0.2, 0.25) is 5.60 Å². The SMILES string of the molecule is CCCCO[C@@H]1C[C@@]2(C)CCC(=O)[C@]1(C(=O)Cc1ccccc1)O2. The number of hydrogen-bond donors (Lipinski definition) is 0. The summed E-state index contributed by atoms with van der Waals surface area (Å²) in [5.74, 6) is -0.275. The van der Waals surface area contributed by atoms with E-state index >= 15 is 0 Å². The molecule has 2 aliphatic rings. The van der Waals surface area contributed by atoms with Crippen molar-refractivity contribution < 1.29 is 19.1 Å². The van der Waals surface area contributed by atoms with E-state index in [9.17, 15) is 9.59 Å². The number of ether oxygens (including phenoxy) is 2. The van der Waals surface area contributed by atoms with Crippen LogP contribution in [0.25, 0.3) is 0 Å². The Morgan fingerprint density at radius 1 is 1.33 bits per heavy atom. The third-order valence-electron chi connectivity index (χ3n) is 5.21. The molecule has 1 aromatic carbocycles. The predicted octanol–water partition coefficient (Wildman–Crippen LogP) is 3.26. The summed E-state index contributed by atoms with van der Waals surface area (Å²) in [5.41, 5.74) is -0.937. The molecule has 2 saturated heterocycles. The largest absolute Gasteiger partial charge is 0.374 e. The van der Waals surface area contributed by atoms with Crippen molar-refractivity contribution in [2.24, 2.45) is 0 Å². The van der Waals surface area contributed by atoms with E-state index in [1.807, 2.05) is 37.3 Å². The number of ketones is 2. The van der Waals surface area contributed by atoms with E-state index in [0.717, 1.165) is 18.4 Å². The molecule has 0 aliphatic carbocycles. The summed E-state index contributed by atoms with van der Waals surface area (Å²) in [4.78, 5) is 25.9. The molecular formula is C20H26O4. The van der Waals surface area contributed by atoms with E-state index in [1.165, 1.54) is 0 Å². The highest BCUT2D eigenvalue weighted by Gasteiger charge is 2.65. The minimum Gasteiger partial charge on any atom is -0.374 e. The van der Waals surface area contributed by atoms with Crippen LogP contribution in [0.2, 0.25) is 0 Å². The van der Waals surface area contributed by atoms with E-state index in [4.69, 9.17) is 9.47 Å². The molecule has 2 heterocycles. The second kappa shape index (κ2) is 6.77. The summed E-state index contributed by atoms with van der Waals surface area (Å²) < 4.78 is 12.1. The number of hydrogen-bond acceptors (Lipinski definition) is 4. The van der Waals surface area contributed by atoms with Crippen LogP contribution in [0.3, 0.4) is 0 Å². The van der Waals surface area contributed by atoms with Crippen molar-refractivity contribution in [2.75, 3.05) is 6.61 Å². The zero-order chi connectivity index (χ0) is 17.2. The van der Waals surface area contributed by atoms with Crippen molar-refractivity contribution >= 4 is 11.6 Å². The highest BCUT2D eigenvalue weighted by molar-refractivity contribution is 6.12. The second-order valence-corrected chi connectivity index (χ2v) is 7.21. The van der Waals surface area contributed by atoms with Crippen LogP contribution in [0.15, 0.2) is 30.3 Å². The molecule has 0 N–H and O–H groups in total. The van der Waals surface area contributed by atoms with Gasteiger partial charge in [0.15, 0.2) is 11.6 Å².